The fourth-order valence-corrected chi connectivity index (χ4v) is 4.40. The quantitative estimate of drug-likeness (QED) is 0.0810. The molecule has 1 saturated carbocycles. The normalized spacial score (nSPS) is 14.2. The van der Waals surface area contributed by atoms with E-state index in [9.17, 15) is 9.59 Å². The number of unbranched alkanes of at least 4 members (excludes halogenated alkanes) is 18. The van der Waals surface area contributed by atoms with Gasteiger partial charge in [0.25, 0.3) is 0 Å². The second-order valence-corrected chi connectivity index (χ2v) is 10.2. The Hall–Kier alpha value is -1.06. The minimum absolute atomic E-state index is 0.355. The molecule has 0 radical (unpaired) electrons. The standard InChI is InChI=1S/C29H54O4/c1-3-5-7-9-11-13-15-17-19-21-25-32-27(30)29(23-24-29)28(31)33-26-22-20-18-16-14-12-10-8-6-4-2/h3-26H2,1-2H3. The van der Waals surface area contributed by atoms with Gasteiger partial charge in [0.05, 0.1) is 13.2 Å². The van der Waals surface area contributed by atoms with Crippen LogP contribution in [0.3, 0.4) is 0 Å². The van der Waals surface area contributed by atoms with Gasteiger partial charge in [-0.15, -0.1) is 0 Å². The third-order valence-electron chi connectivity index (χ3n) is 6.99. The summed E-state index contributed by atoms with van der Waals surface area (Å²) in [4.78, 5) is 24.8. The van der Waals surface area contributed by atoms with Gasteiger partial charge in [-0.1, -0.05) is 129 Å². The predicted octanol–water partition coefficient (Wildman–Crippen LogP) is 8.69. The number of carbonyl (C=O) groups is 2. The molecule has 1 aliphatic carbocycles. The van der Waals surface area contributed by atoms with E-state index in [1.54, 1.807) is 0 Å². The lowest BCUT2D eigenvalue weighted by Crippen LogP contribution is -2.30. The molecule has 0 unspecified atom stereocenters. The third-order valence-corrected chi connectivity index (χ3v) is 6.99. The zero-order valence-corrected chi connectivity index (χ0v) is 22.1. The molecule has 194 valence electrons. The van der Waals surface area contributed by atoms with Crippen molar-refractivity contribution in [3.05, 3.63) is 0 Å². The molecule has 0 saturated heterocycles. The first-order chi connectivity index (χ1) is 16.2. The lowest BCUT2D eigenvalue weighted by Gasteiger charge is -2.14. The Morgan fingerprint density at radius 2 is 0.758 bits per heavy atom. The van der Waals surface area contributed by atoms with Crippen LogP contribution >= 0.6 is 0 Å². The van der Waals surface area contributed by atoms with Gasteiger partial charge in [-0.25, -0.2) is 0 Å². The van der Waals surface area contributed by atoms with Crippen LogP contribution in [0.2, 0.25) is 0 Å². The van der Waals surface area contributed by atoms with E-state index in [4.69, 9.17) is 9.47 Å². The van der Waals surface area contributed by atoms with Gasteiger partial charge in [-0.3, -0.25) is 9.59 Å². The summed E-state index contributed by atoms with van der Waals surface area (Å²) in [5, 5.41) is 0. The maximum atomic E-state index is 12.4. The van der Waals surface area contributed by atoms with Crippen LogP contribution in [0.4, 0.5) is 0 Å². The SMILES string of the molecule is CCCCCCCCCCCCOC(=O)C1(C(=O)OCCCCCCCCCCCC)CC1. The molecule has 1 fully saturated rings. The van der Waals surface area contributed by atoms with Gasteiger partial charge in [0, 0.05) is 0 Å². The van der Waals surface area contributed by atoms with E-state index in [0.717, 1.165) is 25.7 Å². The molecule has 33 heavy (non-hydrogen) atoms. The first-order valence-corrected chi connectivity index (χ1v) is 14.5. The Balaban J connectivity index is 1.95. The van der Waals surface area contributed by atoms with Crippen LogP contribution in [0.25, 0.3) is 0 Å². The number of carbonyl (C=O) groups excluding carboxylic acids is 2. The topological polar surface area (TPSA) is 52.6 Å². The van der Waals surface area contributed by atoms with Crippen molar-refractivity contribution in [2.24, 2.45) is 5.41 Å². The van der Waals surface area contributed by atoms with E-state index >= 15 is 0 Å². The Bertz CT molecular complexity index is 444. The number of esters is 2. The van der Waals surface area contributed by atoms with Crippen molar-refractivity contribution in [1.29, 1.82) is 0 Å². The average Bonchev–Trinajstić information content (AvgIpc) is 3.63. The van der Waals surface area contributed by atoms with E-state index in [1.807, 2.05) is 0 Å². The molecule has 0 aromatic carbocycles. The molecule has 0 atom stereocenters. The van der Waals surface area contributed by atoms with Gasteiger partial charge in [-0.05, 0) is 25.7 Å². The second kappa shape index (κ2) is 20.3. The van der Waals surface area contributed by atoms with Crippen LogP contribution < -0.4 is 0 Å². The largest absolute Gasteiger partial charge is 0.465 e. The molecule has 1 aliphatic rings. The highest BCUT2D eigenvalue weighted by molar-refractivity contribution is 6.03. The average molecular weight is 467 g/mol. The zero-order valence-electron chi connectivity index (χ0n) is 22.1. The highest BCUT2D eigenvalue weighted by Crippen LogP contribution is 2.48. The first kappa shape index (κ1) is 30.0. The lowest BCUT2D eigenvalue weighted by molar-refractivity contribution is -0.164. The molecular formula is C29H54O4. The molecule has 0 bridgehead atoms. The molecule has 0 aromatic heterocycles. The maximum absolute atomic E-state index is 12.4. The summed E-state index contributed by atoms with van der Waals surface area (Å²) in [6.45, 7) is 5.37. The van der Waals surface area contributed by atoms with Crippen molar-refractivity contribution in [3.8, 4) is 0 Å². The molecule has 4 heteroatoms. The summed E-state index contributed by atoms with van der Waals surface area (Å²) in [6.07, 6.45) is 26.2. The summed E-state index contributed by atoms with van der Waals surface area (Å²) in [6, 6.07) is 0. The number of hydrogen-bond acceptors (Lipinski definition) is 4. The first-order valence-electron chi connectivity index (χ1n) is 14.5. The Morgan fingerprint density at radius 3 is 1.03 bits per heavy atom. The van der Waals surface area contributed by atoms with Crippen LogP contribution in [-0.2, 0) is 19.1 Å². The molecule has 0 heterocycles. The smallest absolute Gasteiger partial charge is 0.323 e. The van der Waals surface area contributed by atoms with E-state index in [1.165, 1.54) is 103 Å². The Morgan fingerprint density at radius 1 is 0.485 bits per heavy atom. The summed E-state index contributed by atoms with van der Waals surface area (Å²) in [7, 11) is 0. The minimum atomic E-state index is -0.975. The number of rotatable bonds is 24. The van der Waals surface area contributed by atoms with Gasteiger partial charge in [0.2, 0.25) is 0 Å². The Labute approximate surface area is 205 Å². The van der Waals surface area contributed by atoms with Crippen molar-refractivity contribution in [2.75, 3.05) is 13.2 Å². The van der Waals surface area contributed by atoms with Gasteiger partial charge < -0.3 is 9.47 Å². The van der Waals surface area contributed by atoms with Crippen molar-refractivity contribution >= 4 is 11.9 Å². The highest BCUT2D eigenvalue weighted by Gasteiger charge is 2.59. The van der Waals surface area contributed by atoms with Gasteiger partial charge in [-0.2, -0.15) is 0 Å². The summed E-state index contributed by atoms with van der Waals surface area (Å²) in [5.41, 5.74) is -0.975. The highest BCUT2D eigenvalue weighted by atomic mass is 16.6. The number of ether oxygens (including phenoxy) is 2. The second-order valence-electron chi connectivity index (χ2n) is 10.2. The van der Waals surface area contributed by atoms with Crippen LogP contribution in [0.1, 0.15) is 155 Å². The minimum Gasteiger partial charge on any atom is -0.465 e. The van der Waals surface area contributed by atoms with Crippen molar-refractivity contribution in [2.45, 2.75) is 155 Å². The summed E-state index contributed by atoms with van der Waals surface area (Å²) < 4.78 is 10.9. The predicted molar refractivity (Wildman–Crippen MR) is 137 cm³/mol. The van der Waals surface area contributed by atoms with E-state index in [-0.39, 0.29) is 11.9 Å². The van der Waals surface area contributed by atoms with E-state index < -0.39 is 5.41 Å². The van der Waals surface area contributed by atoms with Crippen molar-refractivity contribution < 1.29 is 19.1 Å². The zero-order chi connectivity index (χ0) is 24.0. The van der Waals surface area contributed by atoms with Crippen LogP contribution in [0.15, 0.2) is 0 Å². The molecule has 1 rings (SSSR count). The van der Waals surface area contributed by atoms with Crippen molar-refractivity contribution in [3.63, 3.8) is 0 Å². The van der Waals surface area contributed by atoms with E-state index in [0.29, 0.717) is 26.1 Å². The molecule has 0 amide bonds. The van der Waals surface area contributed by atoms with Crippen LogP contribution in [-0.4, -0.2) is 25.2 Å². The van der Waals surface area contributed by atoms with Crippen molar-refractivity contribution in [1.82, 2.24) is 0 Å². The van der Waals surface area contributed by atoms with Gasteiger partial charge in [0.15, 0.2) is 5.41 Å². The molecular weight excluding hydrogens is 412 g/mol. The number of hydrogen-bond donors (Lipinski definition) is 0. The molecule has 0 aliphatic heterocycles. The van der Waals surface area contributed by atoms with Crippen LogP contribution in [0, 0.1) is 5.41 Å². The molecule has 0 aromatic rings. The maximum Gasteiger partial charge on any atom is 0.323 e. The third kappa shape index (κ3) is 14.7. The lowest BCUT2D eigenvalue weighted by atomic mass is 10.1. The molecule has 0 N–H and O–H groups in total. The fourth-order valence-electron chi connectivity index (χ4n) is 4.40. The summed E-state index contributed by atoms with van der Waals surface area (Å²) >= 11 is 0. The van der Waals surface area contributed by atoms with Gasteiger partial charge in [0.1, 0.15) is 0 Å². The fraction of sp³-hybridized carbons (Fsp3) is 0.931. The Kier molecular flexibility index (Phi) is 18.5. The summed E-state index contributed by atoms with van der Waals surface area (Å²) in [5.74, 6) is -0.710. The van der Waals surface area contributed by atoms with E-state index in [2.05, 4.69) is 13.8 Å². The molecule has 4 nitrogen and oxygen atoms in total. The monoisotopic (exact) mass is 466 g/mol. The molecule has 0 spiro atoms. The van der Waals surface area contributed by atoms with Gasteiger partial charge >= 0.3 is 11.9 Å². The van der Waals surface area contributed by atoms with Crippen LogP contribution in [0.5, 0.6) is 0 Å².